The highest BCUT2D eigenvalue weighted by molar-refractivity contribution is 6.00. The summed E-state index contributed by atoms with van der Waals surface area (Å²) >= 11 is 0. The lowest BCUT2D eigenvalue weighted by molar-refractivity contribution is -0.137. The molecule has 0 spiro atoms. The lowest BCUT2D eigenvalue weighted by atomic mass is 10.2. The molecule has 2 heterocycles. The summed E-state index contributed by atoms with van der Waals surface area (Å²) in [6.45, 7) is 0.816. The number of carbonyl (C=O) groups excluding carboxylic acids is 2. The van der Waals surface area contributed by atoms with Gasteiger partial charge in [-0.15, -0.1) is 0 Å². The third-order valence-electron chi connectivity index (χ3n) is 4.88. The summed E-state index contributed by atoms with van der Waals surface area (Å²) in [4.78, 5) is 29.8. The number of amides is 1. The summed E-state index contributed by atoms with van der Waals surface area (Å²) in [5, 5.41) is 9.00. The Morgan fingerprint density at radius 3 is 2.63 bits per heavy atom. The molecule has 0 aliphatic carbocycles. The number of nitrogens with zero attached hydrogens (tertiary/aromatic N) is 5. The highest BCUT2D eigenvalue weighted by Gasteiger charge is 2.31. The fourth-order valence-corrected chi connectivity index (χ4v) is 3.25. The van der Waals surface area contributed by atoms with E-state index in [2.05, 4.69) is 15.2 Å². The highest BCUT2D eigenvalue weighted by Crippen LogP contribution is 2.32. The number of alkyl halides is 3. The molecule has 4 aromatic rings. The predicted octanol–water partition coefficient (Wildman–Crippen LogP) is 4.28. The van der Waals surface area contributed by atoms with Crippen LogP contribution in [0.1, 0.15) is 27.2 Å². The van der Waals surface area contributed by atoms with E-state index >= 15 is 0 Å². The summed E-state index contributed by atoms with van der Waals surface area (Å²) in [7, 11) is 0. The molecule has 0 aliphatic heterocycles. The lowest BCUT2D eigenvalue weighted by Crippen LogP contribution is -2.31. The Morgan fingerprint density at radius 1 is 1.11 bits per heavy atom. The number of rotatable bonds is 6. The molecule has 11 heteroatoms. The van der Waals surface area contributed by atoms with Crippen molar-refractivity contribution in [2.75, 3.05) is 11.6 Å². The molecule has 0 bridgehead atoms. The van der Waals surface area contributed by atoms with E-state index in [1.165, 1.54) is 23.0 Å². The minimum absolute atomic E-state index is 0.0804. The number of aryl methyl sites for hydroxylation is 1. The van der Waals surface area contributed by atoms with Crippen LogP contribution >= 0.6 is 0 Å². The van der Waals surface area contributed by atoms with Crippen molar-refractivity contribution >= 4 is 29.4 Å². The number of hydrazone groups is 1. The SMILES string of the molecule is Cc1nn2cccnc2c1C(=O)OCC(=O)N(/N=C/c1ccccc1)c1cccc(C(F)(F)F)c1. The van der Waals surface area contributed by atoms with E-state index in [9.17, 15) is 22.8 Å². The maximum atomic E-state index is 13.2. The van der Waals surface area contributed by atoms with Crippen LogP contribution in [0, 0.1) is 6.92 Å². The van der Waals surface area contributed by atoms with Crippen molar-refractivity contribution in [3.8, 4) is 0 Å². The van der Waals surface area contributed by atoms with Crippen LogP contribution in [0.15, 0.2) is 78.2 Å². The number of carbonyl (C=O) groups is 2. The van der Waals surface area contributed by atoms with Crippen molar-refractivity contribution in [2.45, 2.75) is 13.1 Å². The van der Waals surface area contributed by atoms with E-state index in [0.29, 0.717) is 11.3 Å². The number of fused-ring (bicyclic) bond motifs is 1. The molecule has 4 rings (SSSR count). The average molecular weight is 481 g/mol. The largest absolute Gasteiger partial charge is 0.452 e. The molecule has 0 unspecified atom stereocenters. The first-order valence-corrected chi connectivity index (χ1v) is 10.3. The van der Waals surface area contributed by atoms with Crippen LogP contribution < -0.4 is 5.01 Å². The Kier molecular flexibility index (Phi) is 6.58. The predicted molar refractivity (Wildman–Crippen MR) is 121 cm³/mol. The van der Waals surface area contributed by atoms with Crippen molar-refractivity contribution < 1.29 is 27.5 Å². The van der Waals surface area contributed by atoms with Gasteiger partial charge in [0, 0.05) is 12.4 Å². The molecule has 2 aromatic carbocycles. The number of hydrogen-bond donors (Lipinski definition) is 0. The molecule has 178 valence electrons. The Morgan fingerprint density at radius 2 is 1.89 bits per heavy atom. The van der Waals surface area contributed by atoms with Gasteiger partial charge < -0.3 is 4.74 Å². The van der Waals surface area contributed by atoms with Crippen LogP contribution in [0.4, 0.5) is 18.9 Å². The molecule has 0 N–H and O–H groups in total. The minimum Gasteiger partial charge on any atom is -0.452 e. The van der Waals surface area contributed by atoms with E-state index in [1.807, 2.05) is 0 Å². The number of ether oxygens (including phenoxy) is 1. The molecule has 0 aliphatic rings. The topological polar surface area (TPSA) is 89.2 Å². The number of hydrogen-bond acceptors (Lipinski definition) is 6. The van der Waals surface area contributed by atoms with E-state index in [1.54, 1.807) is 49.5 Å². The van der Waals surface area contributed by atoms with Gasteiger partial charge in [-0.1, -0.05) is 36.4 Å². The van der Waals surface area contributed by atoms with Gasteiger partial charge >= 0.3 is 12.1 Å². The van der Waals surface area contributed by atoms with Crippen molar-refractivity contribution in [2.24, 2.45) is 5.10 Å². The van der Waals surface area contributed by atoms with Gasteiger partial charge in [0.1, 0.15) is 5.56 Å². The third-order valence-corrected chi connectivity index (χ3v) is 4.88. The molecule has 2 aromatic heterocycles. The monoisotopic (exact) mass is 481 g/mol. The van der Waals surface area contributed by atoms with Crippen molar-refractivity contribution in [1.82, 2.24) is 14.6 Å². The fourth-order valence-electron chi connectivity index (χ4n) is 3.25. The first-order valence-electron chi connectivity index (χ1n) is 10.3. The average Bonchev–Trinajstić information content (AvgIpc) is 3.18. The van der Waals surface area contributed by atoms with Gasteiger partial charge in [0.25, 0.3) is 5.91 Å². The van der Waals surface area contributed by atoms with Crippen molar-refractivity contribution in [3.63, 3.8) is 0 Å². The second kappa shape index (κ2) is 9.75. The van der Waals surface area contributed by atoms with Crippen LogP contribution in [0.25, 0.3) is 5.65 Å². The van der Waals surface area contributed by atoms with Crippen molar-refractivity contribution in [3.05, 3.63) is 95.4 Å². The van der Waals surface area contributed by atoms with E-state index < -0.39 is 30.2 Å². The zero-order valence-electron chi connectivity index (χ0n) is 18.3. The smallest absolute Gasteiger partial charge is 0.416 e. The van der Waals surface area contributed by atoms with Gasteiger partial charge in [-0.25, -0.2) is 14.3 Å². The maximum Gasteiger partial charge on any atom is 0.416 e. The van der Waals surface area contributed by atoms with Gasteiger partial charge in [0.15, 0.2) is 12.3 Å². The van der Waals surface area contributed by atoms with Gasteiger partial charge in [-0.05, 0) is 36.8 Å². The zero-order chi connectivity index (χ0) is 25.0. The second-order valence-electron chi connectivity index (χ2n) is 7.33. The Balaban J connectivity index is 1.59. The molecule has 1 amide bonds. The molecule has 0 radical (unpaired) electrons. The van der Waals surface area contributed by atoms with Crippen molar-refractivity contribution in [1.29, 1.82) is 0 Å². The molecular formula is C24H18F3N5O3. The van der Waals surface area contributed by atoms with Crippen LogP contribution in [0.3, 0.4) is 0 Å². The highest BCUT2D eigenvalue weighted by atomic mass is 19.4. The molecule has 0 fully saturated rings. The van der Waals surface area contributed by atoms with E-state index in [4.69, 9.17) is 4.74 Å². The maximum absolute atomic E-state index is 13.2. The molecule has 0 saturated heterocycles. The lowest BCUT2D eigenvalue weighted by Gasteiger charge is -2.18. The summed E-state index contributed by atoms with van der Waals surface area (Å²) in [6, 6.07) is 14.5. The Hall–Kier alpha value is -4.54. The molecule has 0 atom stereocenters. The quantitative estimate of drug-likeness (QED) is 0.233. The first kappa shape index (κ1) is 23.6. The fraction of sp³-hybridized carbons (Fsp3) is 0.125. The number of benzene rings is 2. The standard InChI is InChI=1S/C24H18F3N5O3/c1-16-21(22-28-11-6-12-31(22)30-16)23(34)35-15-20(33)32(29-14-17-7-3-2-4-8-17)19-10-5-9-18(13-19)24(25,26)27/h2-14H,15H2,1H3/b29-14+. The van der Waals surface area contributed by atoms with Crippen LogP contribution in [-0.4, -0.2) is 39.3 Å². The number of halogens is 3. The summed E-state index contributed by atoms with van der Waals surface area (Å²) < 4.78 is 46.3. The molecular weight excluding hydrogens is 463 g/mol. The Bertz CT molecular complexity index is 1400. The number of aromatic nitrogens is 3. The summed E-state index contributed by atoms with van der Waals surface area (Å²) in [5.41, 5.74) is 0.200. The van der Waals surface area contributed by atoms with E-state index in [-0.39, 0.29) is 16.9 Å². The van der Waals surface area contributed by atoms with Crippen LogP contribution in [0.5, 0.6) is 0 Å². The third kappa shape index (κ3) is 5.35. The minimum atomic E-state index is -4.62. The zero-order valence-corrected chi connectivity index (χ0v) is 18.3. The van der Waals surface area contributed by atoms with Crippen LogP contribution in [-0.2, 0) is 15.7 Å². The van der Waals surface area contributed by atoms with Gasteiger partial charge in [-0.3, -0.25) is 4.79 Å². The van der Waals surface area contributed by atoms with Gasteiger partial charge in [0.05, 0.1) is 23.2 Å². The first-order chi connectivity index (χ1) is 16.7. The van der Waals surface area contributed by atoms with Gasteiger partial charge in [0.2, 0.25) is 0 Å². The Labute approximate surface area is 197 Å². The summed E-state index contributed by atoms with van der Waals surface area (Å²) in [5.74, 6) is -1.70. The molecule has 8 nitrogen and oxygen atoms in total. The summed E-state index contributed by atoms with van der Waals surface area (Å²) in [6.07, 6.45) is -0.218. The number of esters is 1. The van der Waals surface area contributed by atoms with E-state index in [0.717, 1.165) is 23.2 Å². The van der Waals surface area contributed by atoms with Crippen LogP contribution in [0.2, 0.25) is 0 Å². The van der Waals surface area contributed by atoms with Gasteiger partial charge in [-0.2, -0.15) is 28.4 Å². The second-order valence-corrected chi connectivity index (χ2v) is 7.33. The molecule has 0 saturated carbocycles. The number of anilines is 1. The molecule has 35 heavy (non-hydrogen) atoms. The normalized spacial score (nSPS) is 11.7.